The Hall–Kier alpha value is -6.12. The Morgan fingerprint density at radius 3 is 1.22 bits per heavy atom. The van der Waals surface area contributed by atoms with Gasteiger partial charge in [-0.3, -0.25) is 0 Å². The monoisotopic (exact) mass is 586 g/mol. The highest BCUT2D eigenvalue weighted by Crippen LogP contribution is 2.46. The predicted molar refractivity (Wildman–Crippen MR) is 192 cm³/mol. The minimum Gasteiger partial charge on any atom is -0.455 e. The Kier molecular flexibility index (Phi) is 5.31. The molecule has 2 aromatic heterocycles. The van der Waals surface area contributed by atoms with Crippen LogP contribution in [0.3, 0.4) is 0 Å². The number of benzene rings is 8. The van der Waals surface area contributed by atoms with Gasteiger partial charge in [0.2, 0.25) is 0 Å². The Morgan fingerprint density at radius 2 is 0.696 bits per heavy atom. The third kappa shape index (κ3) is 3.59. The van der Waals surface area contributed by atoms with Crippen LogP contribution in [0.1, 0.15) is 0 Å². The molecule has 0 aliphatic rings. The molecule has 10 aromatic rings. The zero-order chi connectivity index (χ0) is 30.2. The molecule has 0 unspecified atom stereocenters. The second-order valence-corrected chi connectivity index (χ2v) is 12.0. The van der Waals surface area contributed by atoms with Crippen molar-refractivity contribution < 1.29 is 8.83 Å². The van der Waals surface area contributed by atoms with Gasteiger partial charge in [-0.2, -0.15) is 0 Å². The normalized spacial score (nSPS) is 11.9. The largest absolute Gasteiger partial charge is 0.455 e. The first kappa shape index (κ1) is 25.2. The van der Waals surface area contributed by atoms with Gasteiger partial charge in [-0.25, -0.2) is 0 Å². The molecule has 0 fully saturated rings. The number of fused-ring (bicyclic) bond motifs is 8. The van der Waals surface area contributed by atoms with Gasteiger partial charge in [-0.15, -0.1) is 0 Å². The van der Waals surface area contributed by atoms with Crippen LogP contribution in [0, 0.1) is 0 Å². The van der Waals surface area contributed by atoms with Gasteiger partial charge in [0.05, 0.1) is 0 Å². The number of rotatable bonds is 3. The van der Waals surface area contributed by atoms with Crippen molar-refractivity contribution in [2.75, 3.05) is 0 Å². The lowest BCUT2D eigenvalue weighted by Crippen LogP contribution is -1.91. The molecule has 214 valence electrons. The lowest BCUT2D eigenvalue weighted by Gasteiger charge is -2.17. The van der Waals surface area contributed by atoms with Gasteiger partial charge in [-0.05, 0) is 62.0 Å². The average Bonchev–Trinajstić information content (AvgIpc) is 3.69. The summed E-state index contributed by atoms with van der Waals surface area (Å²) in [5, 5.41) is 9.33. The van der Waals surface area contributed by atoms with Crippen LogP contribution in [-0.4, -0.2) is 0 Å². The summed E-state index contributed by atoms with van der Waals surface area (Å²) in [6, 6.07) is 56.0. The lowest BCUT2D eigenvalue weighted by molar-refractivity contribution is 0.669. The molecule has 0 bridgehead atoms. The Balaban J connectivity index is 1.34. The Bertz CT molecular complexity index is 2630. The highest BCUT2D eigenvalue weighted by Gasteiger charge is 2.20. The van der Waals surface area contributed by atoms with Gasteiger partial charge in [0.25, 0.3) is 0 Å². The molecule has 0 saturated heterocycles. The maximum absolute atomic E-state index is 6.55. The van der Waals surface area contributed by atoms with Crippen molar-refractivity contribution in [3.63, 3.8) is 0 Å². The molecule has 10 rings (SSSR count). The quantitative estimate of drug-likeness (QED) is 0.193. The minimum atomic E-state index is 0.904. The summed E-state index contributed by atoms with van der Waals surface area (Å²) in [5.74, 6) is 0. The van der Waals surface area contributed by atoms with Crippen LogP contribution in [0.15, 0.2) is 167 Å². The molecule has 2 heterocycles. The maximum atomic E-state index is 6.55. The van der Waals surface area contributed by atoms with E-state index in [1.807, 2.05) is 24.3 Å². The van der Waals surface area contributed by atoms with E-state index in [4.69, 9.17) is 8.83 Å². The van der Waals surface area contributed by atoms with E-state index in [0.717, 1.165) is 66.1 Å². The van der Waals surface area contributed by atoms with E-state index in [1.54, 1.807) is 0 Å². The molecular weight excluding hydrogens is 560 g/mol. The van der Waals surface area contributed by atoms with Crippen molar-refractivity contribution >= 4 is 65.4 Å². The van der Waals surface area contributed by atoms with Gasteiger partial charge < -0.3 is 8.83 Å². The van der Waals surface area contributed by atoms with Crippen LogP contribution in [0.25, 0.3) is 98.8 Å². The van der Waals surface area contributed by atoms with Crippen LogP contribution < -0.4 is 0 Å². The highest BCUT2D eigenvalue weighted by molar-refractivity contribution is 6.22. The van der Waals surface area contributed by atoms with Crippen molar-refractivity contribution in [2.45, 2.75) is 0 Å². The first-order chi connectivity index (χ1) is 22.8. The molecule has 0 saturated carbocycles. The molecule has 0 aliphatic heterocycles. The molecular formula is C44H26O2. The molecule has 0 aliphatic carbocycles. The van der Waals surface area contributed by atoms with Crippen LogP contribution in [0.5, 0.6) is 0 Å². The summed E-state index contributed by atoms with van der Waals surface area (Å²) in [6.45, 7) is 0. The van der Waals surface area contributed by atoms with Gasteiger partial charge in [0.15, 0.2) is 0 Å². The van der Waals surface area contributed by atoms with E-state index < -0.39 is 0 Å². The standard InChI is InChI=1S/C44H26O2/c1-2-12-27(13-3-1)42-32-18-8-16-28(34-20-10-22-36-30-14-4-6-24-40(30)45-43(34)36)38(32)26-39-29(17-9-19-33(39)42)35-21-11-23-37-31-15-5-7-25-41(31)46-44(35)37/h1-26H. The minimum absolute atomic E-state index is 0.904. The van der Waals surface area contributed by atoms with E-state index in [9.17, 15) is 0 Å². The van der Waals surface area contributed by atoms with E-state index in [2.05, 4.69) is 133 Å². The number of furan rings is 2. The molecule has 2 heteroatoms. The van der Waals surface area contributed by atoms with Crippen LogP contribution in [0.2, 0.25) is 0 Å². The zero-order valence-corrected chi connectivity index (χ0v) is 24.8. The van der Waals surface area contributed by atoms with Crippen LogP contribution >= 0.6 is 0 Å². The van der Waals surface area contributed by atoms with E-state index in [1.165, 1.54) is 32.7 Å². The number of para-hydroxylation sites is 4. The maximum Gasteiger partial charge on any atom is 0.143 e. The fraction of sp³-hybridized carbons (Fsp3) is 0. The van der Waals surface area contributed by atoms with Crippen molar-refractivity contribution in [2.24, 2.45) is 0 Å². The van der Waals surface area contributed by atoms with Crippen molar-refractivity contribution in [1.82, 2.24) is 0 Å². The Labute approximate surface area is 264 Å². The third-order valence-electron chi connectivity index (χ3n) is 9.49. The molecule has 0 spiro atoms. The molecule has 0 atom stereocenters. The average molecular weight is 587 g/mol. The Morgan fingerprint density at radius 1 is 0.283 bits per heavy atom. The third-order valence-corrected chi connectivity index (χ3v) is 9.49. The lowest BCUT2D eigenvalue weighted by atomic mass is 9.86. The van der Waals surface area contributed by atoms with E-state index >= 15 is 0 Å². The molecule has 8 aromatic carbocycles. The summed E-state index contributed by atoms with van der Waals surface area (Å²) >= 11 is 0. The molecule has 0 amide bonds. The van der Waals surface area contributed by atoms with Crippen molar-refractivity contribution in [3.05, 3.63) is 158 Å². The molecule has 46 heavy (non-hydrogen) atoms. The van der Waals surface area contributed by atoms with Crippen LogP contribution in [0.4, 0.5) is 0 Å². The SMILES string of the molecule is c1ccc(-c2c3cccc(-c4cccc5c4oc4ccccc45)c3cc3c(-c4cccc5c4oc4ccccc45)cccc23)cc1. The molecule has 2 nitrogen and oxygen atoms in total. The summed E-state index contributed by atoms with van der Waals surface area (Å²) in [4.78, 5) is 0. The van der Waals surface area contributed by atoms with Crippen molar-refractivity contribution in [3.8, 4) is 33.4 Å². The fourth-order valence-electron chi connectivity index (χ4n) is 7.47. The first-order valence-corrected chi connectivity index (χ1v) is 15.7. The first-order valence-electron chi connectivity index (χ1n) is 15.7. The van der Waals surface area contributed by atoms with E-state index in [0.29, 0.717) is 0 Å². The van der Waals surface area contributed by atoms with Gasteiger partial charge in [0, 0.05) is 32.7 Å². The molecule has 0 N–H and O–H groups in total. The smallest absolute Gasteiger partial charge is 0.143 e. The van der Waals surface area contributed by atoms with Crippen LogP contribution in [-0.2, 0) is 0 Å². The second kappa shape index (κ2) is 9.69. The van der Waals surface area contributed by atoms with Gasteiger partial charge >= 0.3 is 0 Å². The van der Waals surface area contributed by atoms with Crippen molar-refractivity contribution in [1.29, 1.82) is 0 Å². The highest BCUT2D eigenvalue weighted by atomic mass is 16.3. The van der Waals surface area contributed by atoms with Gasteiger partial charge in [0.1, 0.15) is 22.3 Å². The summed E-state index contributed by atoms with van der Waals surface area (Å²) in [5.41, 5.74) is 10.5. The topological polar surface area (TPSA) is 26.3 Å². The second-order valence-electron chi connectivity index (χ2n) is 12.0. The number of hydrogen-bond acceptors (Lipinski definition) is 2. The van der Waals surface area contributed by atoms with E-state index in [-0.39, 0.29) is 0 Å². The summed E-state index contributed by atoms with van der Waals surface area (Å²) in [7, 11) is 0. The summed E-state index contributed by atoms with van der Waals surface area (Å²) < 4.78 is 13.1. The predicted octanol–water partition coefficient (Wildman–Crippen LogP) is 12.8. The van der Waals surface area contributed by atoms with Gasteiger partial charge in [-0.1, -0.05) is 140 Å². The number of hydrogen-bond donors (Lipinski definition) is 0. The fourth-order valence-corrected chi connectivity index (χ4v) is 7.47. The summed E-state index contributed by atoms with van der Waals surface area (Å²) in [6.07, 6.45) is 0. The molecule has 0 radical (unpaired) electrons. The zero-order valence-electron chi connectivity index (χ0n) is 24.8.